The highest BCUT2D eigenvalue weighted by atomic mass is 16.5. The fraction of sp³-hybridized carbons (Fsp3) is 0.0769. The number of benzene rings is 3. The van der Waals surface area contributed by atoms with Crippen LogP contribution in [-0.4, -0.2) is 11.0 Å². The van der Waals surface area contributed by atoms with Gasteiger partial charge >= 0.3 is 6.03 Å². The molecule has 0 saturated carbocycles. The van der Waals surface area contributed by atoms with Crippen LogP contribution in [0.5, 0.6) is 5.75 Å². The predicted molar refractivity (Wildman–Crippen MR) is 123 cm³/mol. The molecule has 31 heavy (non-hydrogen) atoms. The average Bonchev–Trinajstić information content (AvgIpc) is 2.84. The normalized spacial score (nSPS) is 10.3. The van der Waals surface area contributed by atoms with Gasteiger partial charge in [0, 0.05) is 24.6 Å². The van der Waals surface area contributed by atoms with E-state index in [1.165, 1.54) is 5.56 Å². The zero-order valence-corrected chi connectivity index (χ0v) is 17.0. The number of amides is 2. The van der Waals surface area contributed by atoms with Crippen molar-refractivity contribution >= 4 is 11.7 Å². The Labute approximate surface area is 181 Å². The molecular formula is C26H23N3O2. The number of hydrogen-bond acceptors (Lipinski definition) is 3. The first kappa shape index (κ1) is 20.2. The zero-order valence-electron chi connectivity index (χ0n) is 17.0. The first-order valence-electron chi connectivity index (χ1n) is 10.1. The van der Waals surface area contributed by atoms with Crippen molar-refractivity contribution in [2.75, 3.05) is 5.32 Å². The minimum atomic E-state index is -0.269. The summed E-state index contributed by atoms with van der Waals surface area (Å²) in [6, 6.07) is 29.3. The molecule has 4 rings (SSSR count). The van der Waals surface area contributed by atoms with Crippen LogP contribution in [0.1, 0.15) is 11.1 Å². The molecule has 0 aliphatic carbocycles. The van der Waals surface area contributed by atoms with Gasteiger partial charge in [-0.2, -0.15) is 0 Å². The van der Waals surface area contributed by atoms with Crippen LogP contribution in [0.4, 0.5) is 10.5 Å². The maximum Gasteiger partial charge on any atom is 0.319 e. The topological polar surface area (TPSA) is 63.2 Å². The van der Waals surface area contributed by atoms with Crippen LogP contribution >= 0.6 is 0 Å². The summed E-state index contributed by atoms with van der Waals surface area (Å²) >= 11 is 0. The summed E-state index contributed by atoms with van der Waals surface area (Å²) in [5.74, 6) is 0.740. The fourth-order valence-corrected chi connectivity index (χ4v) is 3.20. The number of anilines is 1. The molecule has 0 aliphatic heterocycles. The van der Waals surface area contributed by atoms with Gasteiger partial charge in [0.2, 0.25) is 0 Å². The highest BCUT2D eigenvalue weighted by Gasteiger charge is 2.06. The second kappa shape index (κ2) is 10.1. The molecule has 0 fully saturated rings. The monoisotopic (exact) mass is 409 g/mol. The molecule has 4 aromatic rings. The molecule has 0 unspecified atom stereocenters. The van der Waals surface area contributed by atoms with E-state index in [1.54, 1.807) is 12.4 Å². The molecule has 0 saturated heterocycles. The largest absolute Gasteiger partial charge is 0.489 e. The van der Waals surface area contributed by atoms with E-state index in [-0.39, 0.29) is 6.03 Å². The number of hydrogen-bond donors (Lipinski definition) is 2. The maximum absolute atomic E-state index is 12.1. The van der Waals surface area contributed by atoms with Gasteiger partial charge in [-0.15, -0.1) is 0 Å². The maximum atomic E-state index is 12.1. The highest BCUT2D eigenvalue weighted by molar-refractivity contribution is 5.89. The summed E-state index contributed by atoms with van der Waals surface area (Å²) < 4.78 is 5.98. The van der Waals surface area contributed by atoms with Crippen LogP contribution in [0, 0.1) is 0 Å². The standard InChI is InChI=1S/C26H23N3O2/c30-26(28-18-20-7-6-16-27-17-20)29-23-12-14-24(15-13-23)31-19-22-10-4-5-11-25(22)21-8-2-1-3-9-21/h1-17H,18-19H2,(H2,28,29,30). The second-order valence-corrected chi connectivity index (χ2v) is 7.01. The summed E-state index contributed by atoms with van der Waals surface area (Å²) in [7, 11) is 0. The number of urea groups is 1. The molecule has 3 aromatic carbocycles. The Morgan fingerprint density at radius 1 is 0.839 bits per heavy atom. The lowest BCUT2D eigenvalue weighted by molar-refractivity contribution is 0.251. The van der Waals surface area contributed by atoms with Crippen molar-refractivity contribution in [1.29, 1.82) is 0 Å². The van der Waals surface area contributed by atoms with Crippen LogP contribution in [0.3, 0.4) is 0 Å². The van der Waals surface area contributed by atoms with E-state index in [0.29, 0.717) is 18.8 Å². The zero-order chi connectivity index (χ0) is 21.3. The van der Waals surface area contributed by atoms with Crippen molar-refractivity contribution in [1.82, 2.24) is 10.3 Å². The Morgan fingerprint density at radius 2 is 1.61 bits per heavy atom. The summed E-state index contributed by atoms with van der Waals surface area (Å²) in [5, 5.41) is 5.63. The number of nitrogens with one attached hydrogen (secondary N) is 2. The van der Waals surface area contributed by atoms with E-state index >= 15 is 0 Å². The van der Waals surface area contributed by atoms with Gasteiger partial charge in [-0.1, -0.05) is 60.7 Å². The van der Waals surface area contributed by atoms with Crippen molar-refractivity contribution in [3.63, 3.8) is 0 Å². The lowest BCUT2D eigenvalue weighted by Crippen LogP contribution is -2.28. The van der Waals surface area contributed by atoms with Gasteiger partial charge in [-0.05, 0) is 52.6 Å². The van der Waals surface area contributed by atoms with Gasteiger partial charge in [-0.3, -0.25) is 4.98 Å². The van der Waals surface area contributed by atoms with E-state index in [0.717, 1.165) is 22.4 Å². The third-order valence-corrected chi connectivity index (χ3v) is 4.78. The van der Waals surface area contributed by atoms with Crippen LogP contribution in [-0.2, 0) is 13.2 Å². The molecule has 1 aromatic heterocycles. The van der Waals surface area contributed by atoms with Gasteiger partial charge in [-0.25, -0.2) is 4.79 Å². The van der Waals surface area contributed by atoms with Gasteiger partial charge < -0.3 is 15.4 Å². The molecule has 0 radical (unpaired) electrons. The van der Waals surface area contributed by atoms with Gasteiger partial charge in [0.15, 0.2) is 0 Å². The van der Waals surface area contributed by atoms with Crippen LogP contribution in [0.2, 0.25) is 0 Å². The number of pyridine rings is 1. The summed E-state index contributed by atoms with van der Waals surface area (Å²) in [6.07, 6.45) is 3.43. The third kappa shape index (κ3) is 5.70. The first-order valence-corrected chi connectivity index (χ1v) is 10.1. The van der Waals surface area contributed by atoms with E-state index in [9.17, 15) is 4.79 Å². The number of aromatic nitrogens is 1. The average molecular weight is 409 g/mol. The SMILES string of the molecule is O=C(NCc1cccnc1)Nc1ccc(OCc2ccccc2-c2ccccc2)cc1. The van der Waals surface area contributed by atoms with Gasteiger partial charge in [0.05, 0.1) is 0 Å². The summed E-state index contributed by atoms with van der Waals surface area (Å²) in [6.45, 7) is 0.880. The molecule has 1 heterocycles. The number of nitrogens with zero attached hydrogens (tertiary/aromatic N) is 1. The van der Waals surface area contributed by atoms with Crippen LogP contribution in [0.25, 0.3) is 11.1 Å². The minimum Gasteiger partial charge on any atom is -0.489 e. The van der Waals surface area contributed by atoms with Crippen LogP contribution in [0.15, 0.2) is 103 Å². The molecule has 0 bridgehead atoms. The van der Waals surface area contributed by atoms with E-state index < -0.39 is 0 Å². The lowest BCUT2D eigenvalue weighted by atomic mass is 10.0. The number of ether oxygens (including phenoxy) is 1. The third-order valence-electron chi connectivity index (χ3n) is 4.78. The Kier molecular flexibility index (Phi) is 6.55. The van der Waals surface area contributed by atoms with Gasteiger partial charge in [0.1, 0.15) is 12.4 Å². The lowest BCUT2D eigenvalue weighted by Gasteiger charge is -2.12. The Hall–Kier alpha value is -4.12. The van der Waals surface area contributed by atoms with Crippen molar-refractivity contribution in [3.05, 3.63) is 115 Å². The molecule has 2 amide bonds. The Balaban J connectivity index is 1.32. The molecule has 154 valence electrons. The predicted octanol–water partition coefficient (Wildman–Crippen LogP) is 5.65. The Bertz CT molecular complexity index is 1110. The molecule has 0 atom stereocenters. The molecule has 2 N–H and O–H groups in total. The first-order chi connectivity index (χ1) is 15.3. The minimum absolute atomic E-state index is 0.269. The molecular weight excluding hydrogens is 386 g/mol. The van der Waals surface area contributed by atoms with Crippen LogP contribution < -0.4 is 15.4 Å². The van der Waals surface area contributed by atoms with Crippen molar-refractivity contribution in [2.24, 2.45) is 0 Å². The number of carbonyl (C=O) groups is 1. The molecule has 0 spiro atoms. The smallest absolute Gasteiger partial charge is 0.319 e. The van der Waals surface area contributed by atoms with Crippen molar-refractivity contribution in [2.45, 2.75) is 13.2 Å². The number of carbonyl (C=O) groups excluding carboxylic acids is 1. The quantitative estimate of drug-likeness (QED) is 0.415. The molecule has 0 aliphatic rings. The van der Waals surface area contributed by atoms with E-state index in [2.05, 4.69) is 39.9 Å². The number of rotatable bonds is 7. The summed E-state index contributed by atoms with van der Waals surface area (Å²) in [5.41, 5.74) is 5.08. The highest BCUT2D eigenvalue weighted by Crippen LogP contribution is 2.25. The molecule has 5 nitrogen and oxygen atoms in total. The Morgan fingerprint density at radius 3 is 2.39 bits per heavy atom. The molecule has 5 heteroatoms. The van der Waals surface area contributed by atoms with Crippen molar-refractivity contribution in [3.8, 4) is 16.9 Å². The fourth-order valence-electron chi connectivity index (χ4n) is 3.20. The summed E-state index contributed by atoms with van der Waals surface area (Å²) in [4.78, 5) is 16.1. The van der Waals surface area contributed by atoms with Gasteiger partial charge in [0.25, 0.3) is 0 Å². The second-order valence-electron chi connectivity index (χ2n) is 7.01. The van der Waals surface area contributed by atoms with E-state index in [1.807, 2.05) is 66.7 Å². The van der Waals surface area contributed by atoms with E-state index in [4.69, 9.17) is 4.74 Å². The van der Waals surface area contributed by atoms with Crippen molar-refractivity contribution < 1.29 is 9.53 Å².